The van der Waals surface area contributed by atoms with Gasteiger partial charge in [-0.15, -0.1) is 0 Å². The van der Waals surface area contributed by atoms with Gasteiger partial charge >= 0.3 is 0 Å². The summed E-state index contributed by atoms with van der Waals surface area (Å²) in [4.78, 5) is 11.7. The molecule has 3 nitrogen and oxygen atoms in total. The predicted molar refractivity (Wildman–Crippen MR) is 74.6 cm³/mol. The van der Waals surface area contributed by atoms with E-state index >= 15 is 0 Å². The van der Waals surface area contributed by atoms with Crippen molar-refractivity contribution in [3.05, 3.63) is 29.3 Å². The number of aryl methyl sites for hydroxylation is 2. The average Bonchev–Trinajstić information content (AvgIpc) is 2.31. The second-order valence-corrected chi connectivity index (χ2v) is 5.06. The number of benzene rings is 1. The summed E-state index contributed by atoms with van der Waals surface area (Å²) in [6.45, 7) is 7.96. The second kappa shape index (κ2) is 6.55. The standard InChI is InChI=1S/C15H23NO2/c1-5-12-8-13(7-6-11(12)4)16-15(18)9-14(17)10(2)3/h6-8,10,14,17H,5,9H2,1-4H3,(H,16,18). The highest BCUT2D eigenvalue weighted by Gasteiger charge is 2.14. The van der Waals surface area contributed by atoms with Gasteiger partial charge in [-0.1, -0.05) is 26.8 Å². The van der Waals surface area contributed by atoms with Crippen LogP contribution >= 0.6 is 0 Å². The number of hydrogen-bond acceptors (Lipinski definition) is 2. The van der Waals surface area contributed by atoms with E-state index in [1.807, 2.05) is 32.0 Å². The first-order valence-electron chi connectivity index (χ1n) is 6.51. The van der Waals surface area contributed by atoms with Crippen LogP contribution in [0.15, 0.2) is 18.2 Å². The van der Waals surface area contributed by atoms with Gasteiger partial charge in [0, 0.05) is 5.69 Å². The molecule has 0 bridgehead atoms. The lowest BCUT2D eigenvalue weighted by Crippen LogP contribution is -2.23. The Morgan fingerprint density at radius 2 is 2.06 bits per heavy atom. The predicted octanol–water partition coefficient (Wildman–Crippen LogP) is 2.90. The summed E-state index contributed by atoms with van der Waals surface area (Å²) in [7, 11) is 0. The number of aliphatic hydroxyl groups is 1. The molecule has 1 amide bonds. The molecule has 2 N–H and O–H groups in total. The number of hydrogen-bond donors (Lipinski definition) is 2. The minimum absolute atomic E-state index is 0.0972. The number of carbonyl (C=O) groups excluding carboxylic acids is 1. The van der Waals surface area contributed by atoms with Crippen LogP contribution in [-0.4, -0.2) is 17.1 Å². The molecule has 0 aromatic heterocycles. The van der Waals surface area contributed by atoms with Crippen LogP contribution in [0.25, 0.3) is 0 Å². The molecule has 0 heterocycles. The average molecular weight is 249 g/mol. The molecule has 0 radical (unpaired) electrons. The summed E-state index contributed by atoms with van der Waals surface area (Å²) in [6, 6.07) is 5.90. The Kier molecular flexibility index (Phi) is 5.35. The molecule has 0 aliphatic heterocycles. The lowest BCUT2D eigenvalue weighted by molar-refractivity contribution is -0.118. The minimum Gasteiger partial charge on any atom is -0.392 e. The Balaban J connectivity index is 2.65. The number of carbonyl (C=O) groups is 1. The van der Waals surface area contributed by atoms with Gasteiger partial charge < -0.3 is 10.4 Å². The van der Waals surface area contributed by atoms with E-state index < -0.39 is 6.10 Å². The SMILES string of the molecule is CCc1cc(NC(=O)CC(O)C(C)C)ccc1C. The van der Waals surface area contributed by atoms with Crippen molar-refractivity contribution in [3.63, 3.8) is 0 Å². The van der Waals surface area contributed by atoms with Crippen LogP contribution < -0.4 is 5.32 Å². The third-order valence-electron chi connectivity index (χ3n) is 3.18. The Bertz CT molecular complexity index is 413. The topological polar surface area (TPSA) is 49.3 Å². The van der Waals surface area contributed by atoms with Gasteiger partial charge in [-0.2, -0.15) is 0 Å². The van der Waals surface area contributed by atoms with Gasteiger partial charge in [-0.05, 0) is 42.5 Å². The summed E-state index contributed by atoms with van der Waals surface area (Å²) in [6.07, 6.45) is 0.512. The molecule has 0 spiro atoms. The molecule has 1 atom stereocenters. The second-order valence-electron chi connectivity index (χ2n) is 5.06. The van der Waals surface area contributed by atoms with Crippen LogP contribution in [0.1, 0.15) is 38.3 Å². The Labute approximate surface area is 109 Å². The summed E-state index contributed by atoms with van der Waals surface area (Å²) >= 11 is 0. The molecule has 3 heteroatoms. The van der Waals surface area contributed by atoms with Crippen LogP contribution in [0.4, 0.5) is 5.69 Å². The zero-order valence-corrected chi connectivity index (χ0v) is 11.7. The van der Waals surface area contributed by atoms with E-state index in [1.54, 1.807) is 0 Å². The Morgan fingerprint density at radius 3 is 2.61 bits per heavy atom. The maximum atomic E-state index is 11.7. The fourth-order valence-corrected chi connectivity index (χ4v) is 1.77. The maximum Gasteiger partial charge on any atom is 0.226 e. The molecular formula is C15H23NO2. The van der Waals surface area contributed by atoms with Gasteiger partial charge in [0.25, 0.3) is 0 Å². The minimum atomic E-state index is -0.582. The zero-order chi connectivity index (χ0) is 13.7. The van der Waals surface area contributed by atoms with Gasteiger partial charge in [0.15, 0.2) is 0 Å². The van der Waals surface area contributed by atoms with E-state index in [0.717, 1.165) is 12.1 Å². The molecular weight excluding hydrogens is 226 g/mol. The molecule has 1 unspecified atom stereocenters. The highest BCUT2D eigenvalue weighted by Crippen LogP contribution is 2.16. The number of rotatable bonds is 5. The highest BCUT2D eigenvalue weighted by molar-refractivity contribution is 5.91. The first kappa shape index (κ1) is 14.7. The molecule has 0 saturated heterocycles. The van der Waals surface area contributed by atoms with Crippen molar-refractivity contribution in [3.8, 4) is 0 Å². The monoisotopic (exact) mass is 249 g/mol. The van der Waals surface area contributed by atoms with Crippen LogP contribution in [0.5, 0.6) is 0 Å². The van der Waals surface area contributed by atoms with Crippen LogP contribution in [0, 0.1) is 12.8 Å². The van der Waals surface area contributed by atoms with Gasteiger partial charge in [0.2, 0.25) is 5.91 Å². The van der Waals surface area contributed by atoms with Crippen molar-refractivity contribution in [2.45, 2.75) is 46.6 Å². The van der Waals surface area contributed by atoms with E-state index in [2.05, 4.69) is 19.2 Å². The van der Waals surface area contributed by atoms with Gasteiger partial charge in [0.05, 0.1) is 12.5 Å². The number of amides is 1. The van der Waals surface area contributed by atoms with Crippen LogP contribution in [0.2, 0.25) is 0 Å². The van der Waals surface area contributed by atoms with Crippen LogP contribution in [-0.2, 0) is 11.2 Å². The first-order valence-corrected chi connectivity index (χ1v) is 6.51. The van der Waals surface area contributed by atoms with E-state index in [4.69, 9.17) is 0 Å². The van der Waals surface area contributed by atoms with Crippen molar-refractivity contribution in [2.24, 2.45) is 5.92 Å². The third-order valence-corrected chi connectivity index (χ3v) is 3.18. The molecule has 1 aromatic rings. The van der Waals surface area contributed by atoms with Crippen LogP contribution in [0.3, 0.4) is 0 Å². The van der Waals surface area contributed by atoms with Crippen molar-refractivity contribution >= 4 is 11.6 Å². The van der Waals surface area contributed by atoms with Crippen molar-refractivity contribution in [1.82, 2.24) is 0 Å². The third kappa shape index (κ3) is 4.15. The smallest absolute Gasteiger partial charge is 0.226 e. The lowest BCUT2D eigenvalue weighted by Gasteiger charge is -2.14. The van der Waals surface area contributed by atoms with Crippen molar-refractivity contribution < 1.29 is 9.90 Å². The summed E-state index contributed by atoms with van der Waals surface area (Å²) < 4.78 is 0. The maximum absolute atomic E-state index is 11.7. The first-order chi connectivity index (χ1) is 8.43. The van der Waals surface area contributed by atoms with Crippen molar-refractivity contribution in [2.75, 3.05) is 5.32 Å². The molecule has 1 aromatic carbocycles. The molecule has 100 valence electrons. The van der Waals surface area contributed by atoms with E-state index in [1.165, 1.54) is 11.1 Å². The molecule has 0 saturated carbocycles. The van der Waals surface area contributed by atoms with E-state index in [-0.39, 0.29) is 18.2 Å². The summed E-state index contributed by atoms with van der Waals surface area (Å²) in [5.41, 5.74) is 3.27. The fraction of sp³-hybridized carbons (Fsp3) is 0.533. The van der Waals surface area contributed by atoms with Gasteiger partial charge in [-0.3, -0.25) is 4.79 Å². The number of anilines is 1. The van der Waals surface area contributed by atoms with Crippen molar-refractivity contribution in [1.29, 1.82) is 0 Å². The zero-order valence-electron chi connectivity index (χ0n) is 11.7. The normalized spacial score (nSPS) is 12.6. The fourth-order valence-electron chi connectivity index (χ4n) is 1.77. The Morgan fingerprint density at radius 1 is 1.39 bits per heavy atom. The summed E-state index contributed by atoms with van der Waals surface area (Å²) in [5.74, 6) is -0.0397. The largest absolute Gasteiger partial charge is 0.392 e. The van der Waals surface area contributed by atoms with Gasteiger partial charge in [0.1, 0.15) is 0 Å². The number of nitrogens with one attached hydrogen (secondary N) is 1. The molecule has 0 aliphatic carbocycles. The lowest BCUT2D eigenvalue weighted by atomic mass is 10.0. The molecule has 0 fully saturated rings. The van der Waals surface area contributed by atoms with E-state index in [0.29, 0.717) is 0 Å². The quantitative estimate of drug-likeness (QED) is 0.843. The molecule has 0 aliphatic rings. The summed E-state index contributed by atoms with van der Waals surface area (Å²) in [5, 5.41) is 12.5. The van der Waals surface area contributed by atoms with E-state index in [9.17, 15) is 9.90 Å². The Hall–Kier alpha value is -1.35. The van der Waals surface area contributed by atoms with Gasteiger partial charge in [-0.25, -0.2) is 0 Å². The highest BCUT2D eigenvalue weighted by atomic mass is 16.3. The number of aliphatic hydroxyl groups excluding tert-OH is 1. The molecule has 1 rings (SSSR count). The molecule has 18 heavy (non-hydrogen) atoms.